The minimum Gasteiger partial charge on any atom is -0.481 e. The van der Waals surface area contributed by atoms with E-state index in [-0.39, 0.29) is 46.5 Å². The van der Waals surface area contributed by atoms with Crippen molar-refractivity contribution in [1.82, 2.24) is 0 Å². The first-order valence-electron chi connectivity index (χ1n) is 16.1. The lowest BCUT2D eigenvalue weighted by molar-refractivity contribution is -0.386. The van der Waals surface area contributed by atoms with Crippen LogP contribution in [0.2, 0.25) is 0 Å². The fourth-order valence-electron chi connectivity index (χ4n) is 11.6. The van der Waals surface area contributed by atoms with Gasteiger partial charge in [0.05, 0.1) is 12.0 Å². The lowest BCUT2D eigenvalue weighted by Crippen LogP contribution is -2.69. The molecular weight excluding hydrogens is 794 g/mol. The van der Waals surface area contributed by atoms with Crippen molar-refractivity contribution in [3.05, 3.63) is 11.6 Å². The van der Waals surface area contributed by atoms with Gasteiger partial charge in [-0.1, -0.05) is 53.2 Å². The maximum Gasteiger partial charge on any atom is 0.310 e. The van der Waals surface area contributed by atoms with E-state index < -0.39 is 49.6 Å². The third kappa shape index (κ3) is 6.94. The second kappa shape index (κ2) is 15.0. The van der Waals surface area contributed by atoms with E-state index in [1.165, 1.54) is 5.57 Å². The van der Waals surface area contributed by atoms with Gasteiger partial charge in [-0.15, -0.1) is 0 Å². The maximum atomic E-state index is 13.1. The first-order chi connectivity index (χ1) is 21.9. The van der Waals surface area contributed by atoms with Crippen LogP contribution >= 0.6 is 88.0 Å². The van der Waals surface area contributed by atoms with Gasteiger partial charge in [-0.25, -0.2) is 14.7 Å². The SMILES string of the molecule is C[C@@H]1CC[C@]2(C(=O)O)CC[C@]3(C)C(=CCC4[C@@]5(C)C[C@@H](OOP(Cl)Cl)[C@H](OOP(Cl)Cl)[C@@](C)(COOP(Cl)Cl)C5CC[C@]43C)C2[C@H]1C. The Labute approximate surface area is 310 Å². The van der Waals surface area contributed by atoms with E-state index in [1.54, 1.807) is 0 Å². The van der Waals surface area contributed by atoms with E-state index in [2.05, 4.69) is 40.7 Å². The number of rotatable bonds is 11. The van der Waals surface area contributed by atoms with Crippen LogP contribution in [0, 0.1) is 56.7 Å². The Kier molecular flexibility index (Phi) is 12.9. The first kappa shape index (κ1) is 40.2. The van der Waals surface area contributed by atoms with Crippen molar-refractivity contribution in [2.24, 2.45) is 56.7 Å². The second-order valence-corrected chi connectivity index (χ2v) is 24.3. The molecule has 0 heterocycles. The second-order valence-electron chi connectivity index (χ2n) is 15.6. The molecule has 17 heteroatoms. The largest absolute Gasteiger partial charge is 0.481 e. The Morgan fingerprint density at radius 2 is 1.51 bits per heavy atom. The molecule has 0 saturated heterocycles. The molecule has 47 heavy (non-hydrogen) atoms. The van der Waals surface area contributed by atoms with E-state index in [0.717, 1.165) is 38.5 Å². The van der Waals surface area contributed by atoms with Crippen LogP contribution in [0.15, 0.2) is 11.6 Å². The minimum atomic E-state index is -1.90. The summed E-state index contributed by atoms with van der Waals surface area (Å²) in [4.78, 5) is 30.7. The highest BCUT2D eigenvalue weighted by Crippen LogP contribution is 2.76. The van der Waals surface area contributed by atoms with E-state index in [9.17, 15) is 9.90 Å². The molecule has 5 rings (SSSR count). The van der Waals surface area contributed by atoms with Gasteiger partial charge < -0.3 is 5.11 Å². The van der Waals surface area contributed by atoms with Gasteiger partial charge in [0.2, 0.25) is 0 Å². The number of carboxylic acids is 1. The zero-order valence-electron chi connectivity index (χ0n) is 27.4. The fourth-order valence-corrected chi connectivity index (χ4v) is 12.7. The number of aliphatic carboxylic acids is 1. The Morgan fingerprint density at radius 1 is 0.872 bits per heavy atom. The summed E-state index contributed by atoms with van der Waals surface area (Å²) < 4.78 is 16.0. The third-order valence-corrected chi connectivity index (χ3v) is 15.6. The van der Waals surface area contributed by atoms with E-state index in [1.807, 2.05) is 6.92 Å². The van der Waals surface area contributed by atoms with Gasteiger partial charge in [0.1, 0.15) is 12.2 Å². The molecule has 0 spiro atoms. The lowest BCUT2D eigenvalue weighted by atomic mass is 9.33. The maximum absolute atomic E-state index is 13.1. The van der Waals surface area contributed by atoms with Crippen LogP contribution in [0.25, 0.3) is 0 Å². The summed E-state index contributed by atoms with van der Waals surface area (Å²) in [5.74, 6) is 0.354. The number of allylic oxidation sites excluding steroid dienone is 2. The van der Waals surface area contributed by atoms with Crippen molar-refractivity contribution in [2.75, 3.05) is 6.61 Å². The molecule has 0 amide bonds. The fraction of sp³-hybridized carbons (Fsp3) is 0.900. The van der Waals surface area contributed by atoms with Gasteiger partial charge in [-0.2, -0.15) is 14.0 Å². The number of hydrogen-bond acceptors (Lipinski definition) is 7. The molecule has 270 valence electrons. The van der Waals surface area contributed by atoms with E-state index in [4.69, 9.17) is 96.1 Å². The van der Waals surface area contributed by atoms with Crippen molar-refractivity contribution in [2.45, 2.75) is 105 Å². The van der Waals surface area contributed by atoms with Crippen LogP contribution < -0.4 is 0 Å². The molecule has 0 aromatic heterocycles. The highest BCUT2D eigenvalue weighted by molar-refractivity contribution is 8.01. The summed E-state index contributed by atoms with van der Waals surface area (Å²) in [6.45, 7) is 8.19. The van der Waals surface area contributed by atoms with Crippen LogP contribution in [0.5, 0.6) is 0 Å². The average Bonchev–Trinajstić information content (AvgIpc) is 2.97. The van der Waals surface area contributed by atoms with Gasteiger partial charge in [-0.3, -0.25) is 4.79 Å². The van der Waals surface area contributed by atoms with Crippen LogP contribution in [0.4, 0.5) is 0 Å². The van der Waals surface area contributed by atoms with Crippen molar-refractivity contribution >= 4 is 94.0 Å². The van der Waals surface area contributed by atoms with Gasteiger partial charge in [0.15, 0.2) is 0 Å². The normalized spacial score (nSPS) is 46.4. The molecule has 0 aliphatic heterocycles. The molecule has 3 unspecified atom stereocenters. The highest BCUT2D eigenvalue weighted by atomic mass is 35.9. The number of carbonyl (C=O) groups is 1. The monoisotopic (exact) mass is 836 g/mol. The first-order valence-corrected chi connectivity index (χ1v) is 25.3. The van der Waals surface area contributed by atoms with Crippen LogP contribution in [0.1, 0.15) is 92.9 Å². The smallest absolute Gasteiger partial charge is 0.310 e. The Bertz CT molecular complexity index is 1210. The molecule has 0 aromatic carbocycles. The predicted molar refractivity (Wildman–Crippen MR) is 191 cm³/mol. The Hall–Kier alpha value is 2.00. The van der Waals surface area contributed by atoms with Gasteiger partial charge in [0, 0.05) is 5.41 Å². The van der Waals surface area contributed by atoms with E-state index >= 15 is 0 Å². The van der Waals surface area contributed by atoms with Gasteiger partial charge >= 0.3 is 5.97 Å². The van der Waals surface area contributed by atoms with Crippen LogP contribution in [-0.4, -0.2) is 29.9 Å². The summed E-state index contributed by atoms with van der Waals surface area (Å²) in [6.07, 6.45) is 7.27. The molecule has 5 aliphatic carbocycles. The summed E-state index contributed by atoms with van der Waals surface area (Å²) in [6, 6.07) is 0. The Morgan fingerprint density at radius 3 is 2.13 bits per heavy atom. The van der Waals surface area contributed by atoms with Crippen molar-refractivity contribution in [1.29, 1.82) is 0 Å². The van der Waals surface area contributed by atoms with Gasteiger partial charge in [0.25, 0.3) is 20.6 Å². The van der Waals surface area contributed by atoms with Crippen molar-refractivity contribution in [3.8, 4) is 0 Å². The quantitative estimate of drug-likeness (QED) is 0.0952. The van der Waals surface area contributed by atoms with Gasteiger partial charge in [-0.05, 0) is 165 Å². The molecule has 5 aliphatic rings. The summed E-state index contributed by atoms with van der Waals surface area (Å²) in [5, 5.41) is 10.7. The molecule has 12 atom stereocenters. The van der Waals surface area contributed by atoms with Crippen LogP contribution in [0.3, 0.4) is 0 Å². The minimum absolute atomic E-state index is 0.0149. The number of carboxylic acid groups (broad SMARTS) is 1. The molecule has 4 fully saturated rings. The molecule has 0 radical (unpaired) electrons. The Balaban J connectivity index is 1.59. The topological polar surface area (TPSA) is 92.7 Å². The number of fused-ring (bicyclic) bond motifs is 7. The van der Waals surface area contributed by atoms with Crippen molar-refractivity contribution in [3.63, 3.8) is 0 Å². The number of hydrogen-bond donors (Lipinski definition) is 1. The predicted octanol–water partition coefficient (Wildman–Crippen LogP) is 13.0. The summed E-state index contributed by atoms with van der Waals surface area (Å²) >= 11 is 35.9. The van der Waals surface area contributed by atoms with E-state index in [0.29, 0.717) is 18.8 Å². The van der Waals surface area contributed by atoms with Crippen LogP contribution in [-0.2, 0) is 33.5 Å². The zero-order valence-corrected chi connectivity index (χ0v) is 34.6. The molecule has 4 saturated carbocycles. The van der Waals surface area contributed by atoms with Crippen molar-refractivity contribution < 1.29 is 38.6 Å². The standard InChI is InChI=1S/C30H45Cl6O8P3/c1-17-9-12-30(25(37)38)14-13-28(5)19(23(30)18(17)2)7-8-22-26(3)15-20(40-43-46(33)34)24(41-44-47(35)36)27(4,16-39-42-45(31)32)21(26)10-11-29(22,28)6/h7,17-18,20-24H,8-16H2,1-6H3,(H,37,38)/t17-,18+,20-,21?,22?,23?,24+,26+,27+,28-,29-,30+/m1/s1. The molecular formula is C30H45Cl6O8P3. The highest BCUT2D eigenvalue weighted by Gasteiger charge is 2.71. The molecule has 0 aromatic rings. The third-order valence-electron chi connectivity index (χ3n) is 14.0. The summed E-state index contributed by atoms with van der Waals surface area (Å²) in [7, 11) is 0. The molecule has 1 N–H and O–H groups in total. The molecule has 8 nitrogen and oxygen atoms in total. The summed E-state index contributed by atoms with van der Waals surface area (Å²) in [5.41, 5.74) is -0.786. The zero-order chi connectivity index (χ0) is 34.7. The molecule has 0 bridgehead atoms. The lowest BCUT2D eigenvalue weighted by Gasteiger charge is -2.71. The number of halogens is 6. The average molecular weight is 839 g/mol.